The van der Waals surface area contributed by atoms with E-state index >= 15 is 0 Å². The van der Waals surface area contributed by atoms with Crippen LogP contribution in [0.4, 0.5) is 0 Å². The molecule has 33 heavy (non-hydrogen) atoms. The molecule has 0 fully saturated rings. The SMILES string of the molecule is CCCOc1ccc(C(=O)c2ccccc2C(=O)N(C)Cc2cc(C)on2)cc1OCCC. The second-order valence-corrected chi connectivity index (χ2v) is 7.82. The van der Waals surface area contributed by atoms with Gasteiger partial charge in [0.2, 0.25) is 0 Å². The van der Waals surface area contributed by atoms with E-state index < -0.39 is 0 Å². The molecule has 7 nitrogen and oxygen atoms in total. The summed E-state index contributed by atoms with van der Waals surface area (Å²) in [6, 6.07) is 13.7. The minimum atomic E-state index is -0.273. The number of ether oxygens (including phenoxy) is 2. The van der Waals surface area contributed by atoms with Gasteiger partial charge in [0.15, 0.2) is 17.3 Å². The number of amides is 1. The highest BCUT2D eigenvalue weighted by Crippen LogP contribution is 2.30. The van der Waals surface area contributed by atoms with Gasteiger partial charge in [0.25, 0.3) is 5.91 Å². The molecule has 0 radical (unpaired) electrons. The van der Waals surface area contributed by atoms with E-state index in [1.807, 2.05) is 13.8 Å². The molecule has 0 aliphatic heterocycles. The summed E-state index contributed by atoms with van der Waals surface area (Å²) in [5, 5.41) is 3.94. The molecule has 3 aromatic rings. The summed E-state index contributed by atoms with van der Waals surface area (Å²) in [6.45, 7) is 7.19. The third-order valence-electron chi connectivity index (χ3n) is 4.95. The fraction of sp³-hybridized carbons (Fsp3) is 0.346. The second-order valence-electron chi connectivity index (χ2n) is 7.82. The molecule has 0 unspecified atom stereocenters. The van der Waals surface area contributed by atoms with Crippen LogP contribution < -0.4 is 9.47 Å². The summed E-state index contributed by atoms with van der Waals surface area (Å²) < 4.78 is 16.7. The van der Waals surface area contributed by atoms with Gasteiger partial charge >= 0.3 is 0 Å². The van der Waals surface area contributed by atoms with Crippen molar-refractivity contribution in [1.82, 2.24) is 10.1 Å². The molecule has 2 aromatic carbocycles. The van der Waals surface area contributed by atoms with Crippen LogP contribution in [0.25, 0.3) is 0 Å². The van der Waals surface area contributed by atoms with Gasteiger partial charge in [0, 0.05) is 24.2 Å². The fourth-order valence-corrected chi connectivity index (χ4v) is 3.34. The Morgan fingerprint density at radius 1 is 0.939 bits per heavy atom. The van der Waals surface area contributed by atoms with Gasteiger partial charge < -0.3 is 18.9 Å². The normalized spacial score (nSPS) is 10.7. The van der Waals surface area contributed by atoms with E-state index in [9.17, 15) is 9.59 Å². The van der Waals surface area contributed by atoms with Crippen LogP contribution in [0.3, 0.4) is 0 Å². The molecule has 1 amide bonds. The summed E-state index contributed by atoms with van der Waals surface area (Å²) >= 11 is 0. The number of aryl methyl sites for hydroxylation is 1. The van der Waals surface area contributed by atoms with Gasteiger partial charge in [-0.2, -0.15) is 0 Å². The number of carbonyl (C=O) groups excluding carboxylic acids is 2. The standard InChI is InChI=1S/C26H30N2O5/c1-5-13-31-23-12-11-19(16-24(23)32-14-6-2)25(29)21-9-7-8-10-22(21)26(30)28(4)17-20-15-18(3)33-27-20/h7-12,15-16H,5-6,13-14,17H2,1-4H3. The number of benzene rings is 2. The van der Waals surface area contributed by atoms with E-state index in [0.29, 0.717) is 52.9 Å². The van der Waals surface area contributed by atoms with Gasteiger partial charge in [0.05, 0.1) is 25.3 Å². The highest BCUT2D eigenvalue weighted by Gasteiger charge is 2.22. The number of carbonyl (C=O) groups is 2. The number of hydrogen-bond donors (Lipinski definition) is 0. The topological polar surface area (TPSA) is 81.9 Å². The van der Waals surface area contributed by atoms with Crippen molar-refractivity contribution >= 4 is 11.7 Å². The van der Waals surface area contributed by atoms with Gasteiger partial charge in [-0.25, -0.2) is 0 Å². The quantitative estimate of drug-likeness (QED) is 0.380. The lowest BCUT2D eigenvalue weighted by Gasteiger charge is -2.18. The Morgan fingerprint density at radius 3 is 2.24 bits per heavy atom. The van der Waals surface area contributed by atoms with Gasteiger partial charge in [-0.15, -0.1) is 0 Å². The highest BCUT2D eigenvalue weighted by molar-refractivity contribution is 6.15. The molecule has 7 heteroatoms. The molecule has 0 atom stereocenters. The Labute approximate surface area is 194 Å². The molecule has 0 spiro atoms. The van der Waals surface area contributed by atoms with Crippen LogP contribution >= 0.6 is 0 Å². The van der Waals surface area contributed by atoms with E-state index in [-0.39, 0.29) is 18.2 Å². The summed E-state index contributed by atoms with van der Waals surface area (Å²) in [7, 11) is 1.67. The number of nitrogens with zero attached hydrogens (tertiary/aromatic N) is 2. The molecule has 0 saturated carbocycles. The third-order valence-corrected chi connectivity index (χ3v) is 4.95. The lowest BCUT2D eigenvalue weighted by Crippen LogP contribution is -2.28. The van der Waals surface area contributed by atoms with Crippen LogP contribution in [0, 0.1) is 6.92 Å². The Morgan fingerprint density at radius 2 is 1.61 bits per heavy atom. The van der Waals surface area contributed by atoms with Crippen molar-refractivity contribution in [2.45, 2.75) is 40.2 Å². The molecule has 174 valence electrons. The van der Waals surface area contributed by atoms with E-state index in [0.717, 1.165) is 12.8 Å². The van der Waals surface area contributed by atoms with E-state index in [1.54, 1.807) is 62.5 Å². The first-order chi connectivity index (χ1) is 15.9. The Balaban J connectivity index is 1.87. The minimum absolute atomic E-state index is 0.256. The molecule has 0 aliphatic rings. The van der Waals surface area contributed by atoms with Crippen LogP contribution in [0.15, 0.2) is 53.1 Å². The Kier molecular flexibility index (Phi) is 8.24. The summed E-state index contributed by atoms with van der Waals surface area (Å²) in [6.07, 6.45) is 1.70. The average molecular weight is 451 g/mol. The van der Waals surface area contributed by atoms with Gasteiger partial charge in [0.1, 0.15) is 11.5 Å². The highest BCUT2D eigenvalue weighted by atomic mass is 16.5. The maximum absolute atomic E-state index is 13.4. The van der Waals surface area contributed by atoms with Crippen LogP contribution in [-0.2, 0) is 6.54 Å². The number of ketones is 1. The van der Waals surface area contributed by atoms with Gasteiger partial charge in [-0.05, 0) is 44.0 Å². The zero-order chi connectivity index (χ0) is 23.8. The molecule has 1 aromatic heterocycles. The van der Waals surface area contributed by atoms with Crippen molar-refractivity contribution in [2.75, 3.05) is 20.3 Å². The first kappa shape index (κ1) is 24.0. The first-order valence-electron chi connectivity index (χ1n) is 11.2. The lowest BCUT2D eigenvalue weighted by molar-refractivity contribution is 0.0777. The predicted molar refractivity (Wildman–Crippen MR) is 125 cm³/mol. The molecule has 0 bridgehead atoms. The smallest absolute Gasteiger partial charge is 0.254 e. The summed E-state index contributed by atoms with van der Waals surface area (Å²) in [4.78, 5) is 28.1. The number of aromatic nitrogens is 1. The molecule has 0 aliphatic carbocycles. The van der Waals surface area contributed by atoms with Gasteiger partial charge in [-0.1, -0.05) is 37.2 Å². The summed E-state index contributed by atoms with van der Waals surface area (Å²) in [5.41, 5.74) is 1.73. The Hall–Kier alpha value is -3.61. The van der Waals surface area contributed by atoms with Crippen LogP contribution in [0.1, 0.15) is 64.4 Å². The summed E-state index contributed by atoms with van der Waals surface area (Å²) in [5.74, 6) is 1.28. The van der Waals surface area contributed by atoms with Crippen molar-refractivity contribution in [1.29, 1.82) is 0 Å². The van der Waals surface area contributed by atoms with Crippen LogP contribution in [-0.4, -0.2) is 42.0 Å². The molecule has 1 heterocycles. The van der Waals surface area contributed by atoms with Crippen LogP contribution in [0.5, 0.6) is 11.5 Å². The predicted octanol–water partition coefficient (Wildman–Crippen LogP) is 5.06. The zero-order valence-electron chi connectivity index (χ0n) is 19.6. The molecule has 0 saturated heterocycles. The van der Waals surface area contributed by atoms with Crippen molar-refractivity contribution in [3.05, 3.63) is 76.7 Å². The lowest BCUT2D eigenvalue weighted by atomic mass is 9.97. The first-order valence-corrected chi connectivity index (χ1v) is 11.2. The third kappa shape index (κ3) is 6.00. The largest absolute Gasteiger partial charge is 0.490 e. The minimum Gasteiger partial charge on any atom is -0.490 e. The zero-order valence-corrected chi connectivity index (χ0v) is 19.6. The van der Waals surface area contributed by atoms with Crippen molar-refractivity contribution in [3.63, 3.8) is 0 Å². The average Bonchev–Trinajstić information content (AvgIpc) is 3.24. The van der Waals surface area contributed by atoms with E-state index in [1.165, 1.54) is 4.90 Å². The monoisotopic (exact) mass is 450 g/mol. The molecular formula is C26H30N2O5. The maximum Gasteiger partial charge on any atom is 0.254 e. The molecule has 0 N–H and O–H groups in total. The van der Waals surface area contributed by atoms with Gasteiger partial charge in [-0.3, -0.25) is 9.59 Å². The fourth-order valence-electron chi connectivity index (χ4n) is 3.34. The second kappa shape index (κ2) is 11.3. The van der Waals surface area contributed by atoms with E-state index in [2.05, 4.69) is 5.16 Å². The Bertz CT molecular complexity index is 1110. The number of hydrogen-bond acceptors (Lipinski definition) is 6. The van der Waals surface area contributed by atoms with Crippen molar-refractivity contribution in [3.8, 4) is 11.5 Å². The van der Waals surface area contributed by atoms with Crippen molar-refractivity contribution in [2.24, 2.45) is 0 Å². The maximum atomic E-state index is 13.4. The molecule has 3 rings (SSSR count). The van der Waals surface area contributed by atoms with E-state index in [4.69, 9.17) is 14.0 Å². The van der Waals surface area contributed by atoms with Crippen LogP contribution in [0.2, 0.25) is 0 Å². The van der Waals surface area contributed by atoms with Crippen molar-refractivity contribution < 1.29 is 23.6 Å². The number of rotatable bonds is 11. The molecular weight excluding hydrogens is 420 g/mol.